The van der Waals surface area contributed by atoms with E-state index >= 15 is 0 Å². The van der Waals surface area contributed by atoms with Crippen LogP contribution in [0, 0.1) is 0 Å². The molecule has 80 valence electrons. The van der Waals surface area contributed by atoms with Gasteiger partial charge in [-0.15, -0.1) is 0 Å². The molecule has 16 heavy (non-hydrogen) atoms. The van der Waals surface area contributed by atoms with Crippen molar-refractivity contribution in [1.29, 1.82) is 0 Å². The van der Waals surface area contributed by atoms with Crippen molar-refractivity contribution in [2.75, 3.05) is 11.9 Å². The molecule has 1 aliphatic heterocycles. The Balaban J connectivity index is 1.86. The van der Waals surface area contributed by atoms with Crippen molar-refractivity contribution < 1.29 is 0 Å². The van der Waals surface area contributed by atoms with Crippen molar-refractivity contribution in [1.82, 2.24) is 9.97 Å². The molecule has 1 aromatic carbocycles. The predicted molar refractivity (Wildman–Crippen MR) is 63.5 cm³/mol. The number of hydrogen-bond acceptors (Lipinski definition) is 3. The lowest BCUT2D eigenvalue weighted by atomic mass is 10.1. The van der Waals surface area contributed by atoms with Crippen LogP contribution in [0.15, 0.2) is 36.5 Å². The van der Waals surface area contributed by atoms with Gasteiger partial charge in [0.25, 0.3) is 0 Å². The summed E-state index contributed by atoms with van der Waals surface area (Å²) in [5, 5.41) is 3.28. The van der Waals surface area contributed by atoms with Gasteiger partial charge in [0.2, 0.25) is 0 Å². The van der Waals surface area contributed by atoms with Gasteiger partial charge in [-0.3, -0.25) is 0 Å². The van der Waals surface area contributed by atoms with Gasteiger partial charge in [0.1, 0.15) is 11.6 Å². The van der Waals surface area contributed by atoms with Gasteiger partial charge in [-0.25, -0.2) is 9.97 Å². The fourth-order valence-corrected chi connectivity index (χ4v) is 1.96. The Bertz CT molecular complexity index is 494. The third kappa shape index (κ3) is 1.76. The Morgan fingerprint density at radius 3 is 2.94 bits per heavy atom. The van der Waals surface area contributed by atoms with Gasteiger partial charge >= 0.3 is 0 Å². The molecule has 3 rings (SSSR count). The lowest BCUT2D eigenvalue weighted by Gasteiger charge is -2.03. The highest BCUT2D eigenvalue weighted by molar-refractivity contribution is 5.47. The van der Waals surface area contributed by atoms with E-state index in [1.54, 1.807) is 0 Å². The summed E-state index contributed by atoms with van der Waals surface area (Å²) < 4.78 is 0. The summed E-state index contributed by atoms with van der Waals surface area (Å²) >= 11 is 0. The molecule has 0 saturated carbocycles. The molecule has 0 bridgehead atoms. The molecule has 1 aromatic heterocycles. The Morgan fingerprint density at radius 1 is 1.19 bits per heavy atom. The standard InChI is InChI=1S/C13H13N3/c1-2-4-10(5-3-1)8-12-15-9-11-6-7-14-13(11)16-12/h1-5,9H,6-8H2,(H,14,15,16). The van der Waals surface area contributed by atoms with Crippen molar-refractivity contribution in [3.8, 4) is 0 Å². The molecule has 0 spiro atoms. The molecule has 1 aliphatic rings. The Kier molecular flexibility index (Phi) is 2.29. The van der Waals surface area contributed by atoms with Gasteiger partial charge in [-0.2, -0.15) is 0 Å². The van der Waals surface area contributed by atoms with Gasteiger partial charge in [-0.1, -0.05) is 30.3 Å². The molecule has 3 heteroatoms. The second kappa shape index (κ2) is 3.93. The molecule has 0 atom stereocenters. The van der Waals surface area contributed by atoms with E-state index in [1.165, 1.54) is 11.1 Å². The normalized spacial score (nSPS) is 13.2. The van der Waals surface area contributed by atoms with Crippen LogP contribution in [-0.2, 0) is 12.8 Å². The third-order valence-electron chi connectivity index (χ3n) is 2.81. The first-order valence-electron chi connectivity index (χ1n) is 5.54. The largest absolute Gasteiger partial charge is 0.369 e. The van der Waals surface area contributed by atoms with Crippen LogP contribution >= 0.6 is 0 Å². The molecule has 0 fully saturated rings. The summed E-state index contributed by atoms with van der Waals surface area (Å²) in [5.41, 5.74) is 2.48. The van der Waals surface area contributed by atoms with E-state index in [2.05, 4.69) is 27.4 Å². The predicted octanol–water partition coefficient (Wildman–Crippen LogP) is 2.04. The van der Waals surface area contributed by atoms with Crippen LogP contribution in [0.25, 0.3) is 0 Å². The molecular formula is C13H13N3. The molecule has 0 radical (unpaired) electrons. The van der Waals surface area contributed by atoms with Crippen LogP contribution in [0.4, 0.5) is 5.82 Å². The maximum Gasteiger partial charge on any atom is 0.135 e. The van der Waals surface area contributed by atoms with Crippen molar-refractivity contribution in [3.63, 3.8) is 0 Å². The van der Waals surface area contributed by atoms with Crippen LogP contribution in [-0.4, -0.2) is 16.5 Å². The minimum atomic E-state index is 0.801. The Morgan fingerprint density at radius 2 is 2.06 bits per heavy atom. The van der Waals surface area contributed by atoms with Crippen molar-refractivity contribution in [3.05, 3.63) is 53.5 Å². The van der Waals surface area contributed by atoms with Crippen LogP contribution in [0.2, 0.25) is 0 Å². The summed E-state index contributed by atoms with van der Waals surface area (Å²) in [6.45, 7) is 0.985. The zero-order valence-corrected chi connectivity index (χ0v) is 8.98. The first-order chi connectivity index (χ1) is 7.92. The highest BCUT2D eigenvalue weighted by Crippen LogP contribution is 2.18. The Labute approximate surface area is 94.6 Å². The minimum Gasteiger partial charge on any atom is -0.369 e. The zero-order chi connectivity index (χ0) is 10.8. The quantitative estimate of drug-likeness (QED) is 0.826. The molecule has 2 aromatic rings. The summed E-state index contributed by atoms with van der Waals surface area (Å²) in [7, 11) is 0. The van der Waals surface area contributed by atoms with E-state index in [9.17, 15) is 0 Å². The van der Waals surface area contributed by atoms with Gasteiger partial charge in [0.05, 0.1) is 0 Å². The smallest absolute Gasteiger partial charge is 0.135 e. The fraction of sp³-hybridized carbons (Fsp3) is 0.231. The number of fused-ring (bicyclic) bond motifs is 1. The molecule has 1 N–H and O–H groups in total. The number of benzene rings is 1. The van der Waals surface area contributed by atoms with E-state index in [0.29, 0.717) is 0 Å². The van der Waals surface area contributed by atoms with Crippen molar-refractivity contribution in [2.24, 2.45) is 0 Å². The maximum absolute atomic E-state index is 4.53. The lowest BCUT2D eigenvalue weighted by molar-refractivity contribution is 0.964. The van der Waals surface area contributed by atoms with Crippen LogP contribution in [0.5, 0.6) is 0 Å². The second-order valence-corrected chi connectivity index (χ2v) is 4.00. The number of nitrogens with zero attached hydrogens (tertiary/aromatic N) is 2. The monoisotopic (exact) mass is 211 g/mol. The number of nitrogens with one attached hydrogen (secondary N) is 1. The van der Waals surface area contributed by atoms with Gasteiger partial charge in [-0.05, 0) is 12.0 Å². The molecule has 0 amide bonds. The SMILES string of the molecule is c1ccc(Cc2ncc3c(n2)NCC3)cc1. The highest BCUT2D eigenvalue weighted by Gasteiger charge is 2.12. The molecule has 0 aliphatic carbocycles. The van der Waals surface area contributed by atoms with Gasteiger partial charge < -0.3 is 5.32 Å². The van der Waals surface area contributed by atoms with E-state index in [4.69, 9.17) is 0 Å². The van der Waals surface area contributed by atoms with Crippen LogP contribution in [0.1, 0.15) is 17.0 Å². The number of hydrogen-bond donors (Lipinski definition) is 1. The first kappa shape index (κ1) is 9.33. The van der Waals surface area contributed by atoms with Gasteiger partial charge in [0.15, 0.2) is 0 Å². The average Bonchev–Trinajstić information content (AvgIpc) is 2.77. The van der Waals surface area contributed by atoms with Crippen LogP contribution < -0.4 is 5.32 Å². The molecule has 2 heterocycles. The van der Waals surface area contributed by atoms with E-state index in [0.717, 1.165) is 31.0 Å². The lowest BCUT2D eigenvalue weighted by Crippen LogP contribution is -2.00. The number of rotatable bonds is 2. The van der Waals surface area contributed by atoms with Gasteiger partial charge in [0, 0.05) is 24.7 Å². The molecule has 0 saturated heterocycles. The molecular weight excluding hydrogens is 198 g/mol. The zero-order valence-electron chi connectivity index (χ0n) is 8.98. The highest BCUT2D eigenvalue weighted by atomic mass is 15.0. The summed E-state index contributed by atoms with van der Waals surface area (Å²) in [6, 6.07) is 10.3. The number of anilines is 1. The molecule has 0 unspecified atom stereocenters. The molecule has 3 nitrogen and oxygen atoms in total. The number of aromatic nitrogens is 2. The van der Waals surface area contributed by atoms with E-state index < -0.39 is 0 Å². The van der Waals surface area contributed by atoms with E-state index in [-0.39, 0.29) is 0 Å². The van der Waals surface area contributed by atoms with Crippen molar-refractivity contribution >= 4 is 5.82 Å². The van der Waals surface area contributed by atoms with Crippen LogP contribution in [0.3, 0.4) is 0 Å². The maximum atomic E-state index is 4.53. The first-order valence-corrected chi connectivity index (χ1v) is 5.54. The minimum absolute atomic E-state index is 0.801. The van der Waals surface area contributed by atoms with Crippen molar-refractivity contribution in [2.45, 2.75) is 12.8 Å². The topological polar surface area (TPSA) is 37.8 Å². The second-order valence-electron chi connectivity index (χ2n) is 4.00. The Hall–Kier alpha value is -1.90. The summed E-state index contributed by atoms with van der Waals surface area (Å²) in [6.07, 6.45) is 3.79. The van der Waals surface area contributed by atoms with E-state index in [1.807, 2.05) is 24.4 Å². The third-order valence-corrected chi connectivity index (χ3v) is 2.81. The summed E-state index contributed by atoms with van der Waals surface area (Å²) in [5.74, 6) is 1.90. The fourth-order valence-electron chi connectivity index (χ4n) is 1.96. The summed E-state index contributed by atoms with van der Waals surface area (Å²) in [4.78, 5) is 8.92. The average molecular weight is 211 g/mol.